The molecule has 0 fully saturated rings. The SMILES string of the molecule is CCCCCCCCCCCCCCCCC/C=C/C(=O)[O-].[Na+]. The molecule has 0 spiro atoms. The molecule has 0 aromatic rings. The normalized spacial score (nSPS) is 10.8. The number of unbranched alkanes of at least 4 members (excludes halogenated alkanes) is 15. The second-order valence-electron chi connectivity index (χ2n) is 6.46. The number of allylic oxidation sites excluding steroid dienone is 1. The number of carboxylic acid groups (broad SMARTS) is 1. The van der Waals surface area contributed by atoms with Crippen LogP contribution in [-0.4, -0.2) is 5.97 Å². The number of rotatable bonds is 17. The topological polar surface area (TPSA) is 40.1 Å². The molecule has 0 aliphatic heterocycles. The van der Waals surface area contributed by atoms with E-state index in [1.807, 2.05) is 0 Å². The van der Waals surface area contributed by atoms with Gasteiger partial charge in [-0.05, 0) is 18.9 Å². The molecular weight excluding hydrogens is 295 g/mol. The van der Waals surface area contributed by atoms with Gasteiger partial charge in [0.2, 0.25) is 0 Å². The van der Waals surface area contributed by atoms with Crippen molar-refractivity contribution in [3.8, 4) is 0 Å². The van der Waals surface area contributed by atoms with E-state index >= 15 is 0 Å². The smallest absolute Gasteiger partial charge is 0.545 e. The molecule has 23 heavy (non-hydrogen) atoms. The first-order valence-corrected chi connectivity index (χ1v) is 9.65. The molecule has 0 bridgehead atoms. The van der Waals surface area contributed by atoms with E-state index in [9.17, 15) is 9.90 Å². The predicted molar refractivity (Wildman–Crippen MR) is 93.7 cm³/mol. The number of hydrogen-bond acceptors (Lipinski definition) is 2. The van der Waals surface area contributed by atoms with Crippen LogP contribution in [0.25, 0.3) is 0 Å². The largest absolute Gasteiger partial charge is 1.00 e. The van der Waals surface area contributed by atoms with Crippen molar-refractivity contribution in [3.63, 3.8) is 0 Å². The van der Waals surface area contributed by atoms with Gasteiger partial charge in [-0.3, -0.25) is 0 Å². The minimum absolute atomic E-state index is 0. The monoisotopic (exact) mass is 332 g/mol. The fourth-order valence-corrected chi connectivity index (χ4v) is 2.81. The number of hydrogen-bond donors (Lipinski definition) is 0. The molecule has 0 radical (unpaired) electrons. The minimum Gasteiger partial charge on any atom is -0.545 e. The van der Waals surface area contributed by atoms with Crippen LogP contribution in [0.3, 0.4) is 0 Å². The molecule has 3 heteroatoms. The molecule has 0 atom stereocenters. The molecular formula is C20H37NaO2. The standard InChI is InChI=1S/C20H38O2.Na/c1-2-3-4-5-6-7-8-9-10-11-12-13-14-15-16-17-18-19-20(21)22;/h18-19H,2-17H2,1H3,(H,21,22);/q;+1/p-1/b19-18+;. The second-order valence-corrected chi connectivity index (χ2v) is 6.46. The van der Waals surface area contributed by atoms with Crippen LogP contribution < -0.4 is 34.7 Å². The fraction of sp³-hybridized carbons (Fsp3) is 0.850. The fourth-order valence-electron chi connectivity index (χ4n) is 2.81. The summed E-state index contributed by atoms with van der Waals surface area (Å²) in [5.41, 5.74) is 0. The molecule has 0 aliphatic carbocycles. The average molecular weight is 333 g/mol. The zero-order valence-corrected chi connectivity index (χ0v) is 17.8. The molecule has 0 heterocycles. The van der Waals surface area contributed by atoms with Gasteiger partial charge in [0.05, 0.1) is 5.97 Å². The maximum Gasteiger partial charge on any atom is 1.00 e. The minimum atomic E-state index is -1.08. The third-order valence-corrected chi connectivity index (χ3v) is 4.23. The summed E-state index contributed by atoms with van der Waals surface area (Å²) in [4.78, 5) is 10.2. The van der Waals surface area contributed by atoms with Crippen LogP contribution in [0.2, 0.25) is 0 Å². The van der Waals surface area contributed by atoms with Gasteiger partial charge in [-0.15, -0.1) is 0 Å². The summed E-state index contributed by atoms with van der Waals surface area (Å²) in [5.74, 6) is -1.08. The Morgan fingerprint density at radius 1 is 0.696 bits per heavy atom. The summed E-state index contributed by atoms with van der Waals surface area (Å²) in [6.45, 7) is 2.27. The maximum absolute atomic E-state index is 10.2. The number of carboxylic acids is 1. The van der Waals surface area contributed by atoms with Crippen LogP contribution in [0, 0.1) is 0 Å². The molecule has 0 aromatic heterocycles. The molecule has 0 aliphatic rings. The summed E-state index contributed by atoms with van der Waals surface area (Å²) >= 11 is 0. The van der Waals surface area contributed by atoms with Gasteiger partial charge in [0.25, 0.3) is 0 Å². The Kier molecular flexibility index (Phi) is 24.6. The van der Waals surface area contributed by atoms with Gasteiger partial charge < -0.3 is 9.90 Å². The van der Waals surface area contributed by atoms with Gasteiger partial charge in [-0.2, -0.15) is 0 Å². The maximum atomic E-state index is 10.2. The van der Waals surface area contributed by atoms with E-state index in [2.05, 4.69) is 6.92 Å². The zero-order chi connectivity index (χ0) is 16.3. The molecule has 0 saturated carbocycles. The van der Waals surface area contributed by atoms with Gasteiger partial charge >= 0.3 is 29.6 Å². The summed E-state index contributed by atoms with van der Waals surface area (Å²) in [6.07, 6.45) is 24.2. The van der Waals surface area contributed by atoms with Gasteiger partial charge in [0.1, 0.15) is 0 Å². The van der Waals surface area contributed by atoms with Crippen molar-refractivity contribution in [1.29, 1.82) is 0 Å². The zero-order valence-electron chi connectivity index (χ0n) is 15.8. The van der Waals surface area contributed by atoms with E-state index in [0.29, 0.717) is 0 Å². The van der Waals surface area contributed by atoms with Crippen LogP contribution in [0.1, 0.15) is 110 Å². The molecule has 0 saturated heterocycles. The van der Waals surface area contributed by atoms with Crippen molar-refractivity contribution in [2.24, 2.45) is 0 Å². The van der Waals surface area contributed by atoms with Crippen LogP contribution in [0.5, 0.6) is 0 Å². The first kappa shape index (κ1) is 25.5. The quantitative estimate of drug-likeness (QED) is 0.233. The molecule has 0 unspecified atom stereocenters. The first-order valence-electron chi connectivity index (χ1n) is 9.65. The summed E-state index contributed by atoms with van der Waals surface area (Å²) in [7, 11) is 0. The summed E-state index contributed by atoms with van der Waals surface area (Å²) in [6, 6.07) is 0. The number of carbonyl (C=O) groups excluding carboxylic acids is 1. The van der Waals surface area contributed by atoms with Gasteiger partial charge in [0, 0.05) is 0 Å². The van der Waals surface area contributed by atoms with Crippen LogP contribution in [0.4, 0.5) is 0 Å². The number of carbonyl (C=O) groups is 1. The molecule has 0 amide bonds. The summed E-state index contributed by atoms with van der Waals surface area (Å²) in [5, 5.41) is 10.2. The Morgan fingerprint density at radius 3 is 1.39 bits per heavy atom. The molecule has 2 nitrogen and oxygen atoms in total. The van der Waals surface area contributed by atoms with E-state index in [0.717, 1.165) is 18.9 Å². The third kappa shape index (κ3) is 24.6. The Morgan fingerprint density at radius 2 is 1.04 bits per heavy atom. The van der Waals surface area contributed by atoms with Crippen molar-refractivity contribution >= 4 is 5.97 Å². The van der Waals surface area contributed by atoms with Gasteiger partial charge in [-0.1, -0.05) is 103 Å². The van der Waals surface area contributed by atoms with E-state index in [1.165, 1.54) is 89.9 Å². The van der Waals surface area contributed by atoms with E-state index in [-0.39, 0.29) is 29.6 Å². The Bertz CT molecular complexity index is 264. The molecule has 0 rings (SSSR count). The van der Waals surface area contributed by atoms with E-state index in [1.54, 1.807) is 6.08 Å². The Balaban J connectivity index is 0. The second kappa shape index (κ2) is 22.2. The number of aliphatic carboxylic acids is 1. The van der Waals surface area contributed by atoms with Crippen molar-refractivity contribution in [2.45, 2.75) is 110 Å². The molecule has 0 N–H and O–H groups in total. The summed E-state index contributed by atoms with van der Waals surface area (Å²) < 4.78 is 0. The van der Waals surface area contributed by atoms with Gasteiger partial charge in [0.15, 0.2) is 0 Å². The average Bonchev–Trinajstić information content (AvgIpc) is 2.50. The van der Waals surface area contributed by atoms with Crippen LogP contribution in [0.15, 0.2) is 12.2 Å². The van der Waals surface area contributed by atoms with E-state index < -0.39 is 5.97 Å². The van der Waals surface area contributed by atoms with Crippen LogP contribution in [-0.2, 0) is 4.79 Å². The van der Waals surface area contributed by atoms with Crippen molar-refractivity contribution in [3.05, 3.63) is 12.2 Å². The van der Waals surface area contributed by atoms with Crippen molar-refractivity contribution in [2.75, 3.05) is 0 Å². The third-order valence-electron chi connectivity index (χ3n) is 4.23. The first-order chi connectivity index (χ1) is 10.8. The van der Waals surface area contributed by atoms with E-state index in [4.69, 9.17) is 0 Å². The predicted octanol–water partition coefficient (Wildman–Crippen LogP) is 2.56. The van der Waals surface area contributed by atoms with Crippen molar-refractivity contribution in [1.82, 2.24) is 0 Å². The molecule has 0 aromatic carbocycles. The Labute approximate surface area is 166 Å². The van der Waals surface area contributed by atoms with Crippen molar-refractivity contribution < 1.29 is 39.5 Å². The molecule has 130 valence electrons. The van der Waals surface area contributed by atoms with Crippen LogP contribution >= 0.6 is 0 Å². The van der Waals surface area contributed by atoms with Gasteiger partial charge in [-0.25, -0.2) is 0 Å². The Hall–Kier alpha value is 0.210.